The number of aliphatic carboxylic acids is 1. The summed E-state index contributed by atoms with van der Waals surface area (Å²) in [5.74, 6) is -1.68. The number of carbonyl (C=O) groups is 2. The average Bonchev–Trinajstić information content (AvgIpc) is 3.04. The molecule has 0 bridgehead atoms. The zero-order valence-electron chi connectivity index (χ0n) is 13.3. The molecule has 1 N–H and O–H groups in total. The van der Waals surface area contributed by atoms with Crippen LogP contribution in [0.5, 0.6) is 0 Å². The molecule has 1 aromatic carbocycles. The third-order valence-electron chi connectivity index (χ3n) is 4.41. The number of piperidine rings is 1. The summed E-state index contributed by atoms with van der Waals surface area (Å²) in [5, 5.41) is 13.5. The smallest absolute Gasteiger partial charge is 0.311 e. The van der Waals surface area contributed by atoms with Gasteiger partial charge in [-0.25, -0.2) is 9.07 Å². The first-order valence-electron chi connectivity index (χ1n) is 7.74. The maximum absolute atomic E-state index is 13.8. The van der Waals surface area contributed by atoms with Gasteiger partial charge in [0.05, 0.1) is 5.41 Å². The minimum absolute atomic E-state index is 0.147. The summed E-state index contributed by atoms with van der Waals surface area (Å²) in [6, 6.07) is 7.67. The highest BCUT2D eigenvalue weighted by atomic mass is 19.1. The summed E-state index contributed by atoms with van der Waals surface area (Å²) in [4.78, 5) is 25.5. The minimum atomic E-state index is -0.942. The van der Waals surface area contributed by atoms with E-state index in [4.69, 9.17) is 0 Å². The van der Waals surface area contributed by atoms with E-state index in [1.807, 2.05) is 0 Å². The standard InChI is InChI=1S/C17H18FN3O3/c1-17(16(23)24)8-4-9-20(11-17)15(22)13-7-10-21(19-13)14-6-3-2-5-12(14)18/h2-3,5-7,10H,4,8-9,11H2,1H3,(H,23,24). The number of carbonyl (C=O) groups excluding carboxylic acids is 1. The van der Waals surface area contributed by atoms with Gasteiger partial charge >= 0.3 is 5.97 Å². The van der Waals surface area contributed by atoms with E-state index in [1.165, 1.54) is 27.9 Å². The van der Waals surface area contributed by atoms with Crippen molar-refractivity contribution < 1.29 is 19.1 Å². The van der Waals surface area contributed by atoms with Crippen LogP contribution in [0.25, 0.3) is 5.69 Å². The molecule has 2 heterocycles. The molecule has 0 radical (unpaired) electrons. The van der Waals surface area contributed by atoms with Gasteiger partial charge in [0.1, 0.15) is 11.5 Å². The minimum Gasteiger partial charge on any atom is -0.481 e. The summed E-state index contributed by atoms with van der Waals surface area (Å²) < 4.78 is 15.1. The lowest BCUT2D eigenvalue weighted by atomic mass is 9.82. The lowest BCUT2D eigenvalue weighted by molar-refractivity contribution is -0.150. The number of carboxylic acid groups (broad SMARTS) is 1. The van der Waals surface area contributed by atoms with Crippen molar-refractivity contribution in [2.45, 2.75) is 19.8 Å². The maximum atomic E-state index is 13.8. The average molecular weight is 331 g/mol. The summed E-state index contributed by atoms with van der Waals surface area (Å²) in [7, 11) is 0. The number of amides is 1. The molecule has 1 unspecified atom stereocenters. The van der Waals surface area contributed by atoms with Gasteiger partial charge in [0.2, 0.25) is 0 Å². The van der Waals surface area contributed by atoms with Crippen LogP contribution in [-0.2, 0) is 4.79 Å². The highest BCUT2D eigenvalue weighted by Crippen LogP contribution is 2.30. The first-order valence-corrected chi connectivity index (χ1v) is 7.74. The van der Waals surface area contributed by atoms with E-state index >= 15 is 0 Å². The summed E-state index contributed by atoms with van der Waals surface area (Å²) in [6.07, 6.45) is 2.68. The number of halogens is 1. The Morgan fingerprint density at radius 1 is 1.29 bits per heavy atom. The number of aromatic nitrogens is 2. The Morgan fingerprint density at radius 2 is 2.04 bits per heavy atom. The predicted octanol–water partition coefficient (Wildman–Crippen LogP) is 2.34. The number of carboxylic acids is 1. The van der Waals surface area contributed by atoms with Crippen molar-refractivity contribution in [3.05, 3.63) is 48.0 Å². The van der Waals surface area contributed by atoms with Crippen LogP contribution in [0.3, 0.4) is 0 Å². The third kappa shape index (κ3) is 2.89. The van der Waals surface area contributed by atoms with E-state index in [2.05, 4.69) is 5.10 Å². The lowest BCUT2D eigenvalue weighted by Crippen LogP contribution is -2.48. The van der Waals surface area contributed by atoms with Crippen LogP contribution in [0.4, 0.5) is 4.39 Å². The van der Waals surface area contributed by atoms with Crippen molar-refractivity contribution in [3.63, 3.8) is 0 Å². The molecular weight excluding hydrogens is 313 g/mol. The first kappa shape index (κ1) is 16.2. The second-order valence-corrected chi connectivity index (χ2v) is 6.29. The number of para-hydroxylation sites is 1. The van der Waals surface area contributed by atoms with Crippen LogP contribution in [-0.4, -0.2) is 44.8 Å². The summed E-state index contributed by atoms with van der Waals surface area (Å²) in [6.45, 7) is 2.29. The largest absolute Gasteiger partial charge is 0.481 e. The Bertz CT molecular complexity index is 789. The summed E-state index contributed by atoms with van der Waals surface area (Å²) >= 11 is 0. The molecule has 1 amide bonds. The SMILES string of the molecule is CC1(C(=O)O)CCCN(C(=O)c2ccn(-c3ccccc3F)n2)C1. The number of nitrogens with zero attached hydrogens (tertiary/aromatic N) is 3. The van der Waals surface area contributed by atoms with E-state index in [1.54, 1.807) is 25.1 Å². The maximum Gasteiger partial charge on any atom is 0.311 e. The molecule has 24 heavy (non-hydrogen) atoms. The molecule has 1 aliphatic rings. The number of rotatable bonds is 3. The van der Waals surface area contributed by atoms with Crippen molar-refractivity contribution in [2.24, 2.45) is 5.41 Å². The molecule has 1 aliphatic heterocycles. The van der Waals surface area contributed by atoms with Crippen molar-refractivity contribution in [1.82, 2.24) is 14.7 Å². The van der Waals surface area contributed by atoms with Crippen molar-refractivity contribution in [2.75, 3.05) is 13.1 Å². The Labute approximate surface area is 138 Å². The molecule has 0 aliphatic carbocycles. The van der Waals surface area contributed by atoms with Gasteiger partial charge in [0, 0.05) is 19.3 Å². The third-order valence-corrected chi connectivity index (χ3v) is 4.41. The van der Waals surface area contributed by atoms with E-state index in [0.717, 1.165) is 0 Å². The molecule has 1 fully saturated rings. The molecule has 0 spiro atoms. The Hall–Kier alpha value is -2.70. The van der Waals surface area contributed by atoms with E-state index in [-0.39, 0.29) is 23.8 Å². The number of hydrogen-bond donors (Lipinski definition) is 1. The van der Waals surface area contributed by atoms with Gasteiger partial charge in [-0.05, 0) is 38.0 Å². The van der Waals surface area contributed by atoms with Crippen LogP contribution in [0.1, 0.15) is 30.3 Å². The molecule has 126 valence electrons. The molecule has 6 nitrogen and oxygen atoms in total. The topological polar surface area (TPSA) is 75.4 Å². The van der Waals surface area contributed by atoms with Gasteiger partial charge in [-0.2, -0.15) is 5.10 Å². The van der Waals surface area contributed by atoms with Crippen LogP contribution in [0.15, 0.2) is 36.5 Å². The monoisotopic (exact) mass is 331 g/mol. The Kier molecular flexibility index (Phi) is 4.09. The van der Waals surface area contributed by atoms with E-state index in [9.17, 15) is 19.1 Å². The van der Waals surface area contributed by atoms with E-state index < -0.39 is 17.2 Å². The van der Waals surface area contributed by atoms with Crippen molar-refractivity contribution in [3.8, 4) is 5.69 Å². The predicted molar refractivity (Wildman–Crippen MR) is 84.4 cm³/mol. The van der Waals surface area contributed by atoms with Gasteiger partial charge in [-0.15, -0.1) is 0 Å². The van der Waals surface area contributed by atoms with Gasteiger partial charge in [0.25, 0.3) is 5.91 Å². The van der Waals surface area contributed by atoms with Gasteiger partial charge in [-0.3, -0.25) is 9.59 Å². The van der Waals surface area contributed by atoms with Crippen LogP contribution in [0.2, 0.25) is 0 Å². The normalized spacial score (nSPS) is 20.8. The van der Waals surface area contributed by atoms with Gasteiger partial charge in [-0.1, -0.05) is 12.1 Å². The van der Waals surface area contributed by atoms with E-state index in [0.29, 0.717) is 19.4 Å². The first-order chi connectivity index (χ1) is 11.4. The molecule has 1 aromatic heterocycles. The fourth-order valence-corrected chi connectivity index (χ4v) is 2.96. The molecule has 0 saturated carbocycles. The van der Waals surface area contributed by atoms with Crippen LogP contribution >= 0.6 is 0 Å². The molecule has 2 aromatic rings. The van der Waals surface area contributed by atoms with Gasteiger partial charge in [0.15, 0.2) is 5.69 Å². The highest BCUT2D eigenvalue weighted by molar-refractivity contribution is 5.92. The lowest BCUT2D eigenvalue weighted by Gasteiger charge is -2.37. The zero-order valence-corrected chi connectivity index (χ0v) is 13.3. The van der Waals surface area contributed by atoms with Crippen LogP contribution < -0.4 is 0 Å². The van der Waals surface area contributed by atoms with Crippen molar-refractivity contribution >= 4 is 11.9 Å². The second kappa shape index (κ2) is 6.07. The zero-order chi connectivity index (χ0) is 17.3. The molecule has 7 heteroatoms. The number of hydrogen-bond acceptors (Lipinski definition) is 3. The molecule has 1 saturated heterocycles. The fourth-order valence-electron chi connectivity index (χ4n) is 2.96. The molecular formula is C17H18FN3O3. The Morgan fingerprint density at radius 3 is 2.75 bits per heavy atom. The van der Waals surface area contributed by atoms with Crippen LogP contribution in [0, 0.1) is 11.2 Å². The fraction of sp³-hybridized carbons (Fsp3) is 0.353. The van der Waals surface area contributed by atoms with Crippen molar-refractivity contribution in [1.29, 1.82) is 0 Å². The quantitative estimate of drug-likeness (QED) is 0.937. The second-order valence-electron chi connectivity index (χ2n) is 6.29. The molecule has 1 atom stereocenters. The number of benzene rings is 1. The highest BCUT2D eigenvalue weighted by Gasteiger charge is 2.39. The number of likely N-dealkylation sites (tertiary alicyclic amines) is 1. The summed E-state index contributed by atoms with van der Waals surface area (Å²) in [5.41, 5.74) is -0.513. The molecule has 3 rings (SSSR count). The Balaban J connectivity index is 1.81. The van der Waals surface area contributed by atoms with Gasteiger partial charge < -0.3 is 10.0 Å².